The van der Waals surface area contributed by atoms with Gasteiger partial charge in [0.1, 0.15) is 0 Å². The Labute approximate surface area is 202 Å². The van der Waals surface area contributed by atoms with Gasteiger partial charge in [-0.25, -0.2) is 0 Å². The van der Waals surface area contributed by atoms with E-state index in [4.69, 9.17) is 4.99 Å². The van der Waals surface area contributed by atoms with Crippen LogP contribution in [0, 0.1) is 11.8 Å². The fraction of sp³-hybridized carbons (Fsp3) is 0.581. The van der Waals surface area contributed by atoms with Gasteiger partial charge >= 0.3 is 0 Å². The van der Waals surface area contributed by atoms with Crippen molar-refractivity contribution in [1.29, 1.82) is 0 Å². The number of allylic oxidation sites excluding steroid dienone is 4. The van der Waals surface area contributed by atoms with Crippen LogP contribution in [0.25, 0.3) is 5.70 Å². The number of nitrogens with zero attached hydrogens (tertiary/aromatic N) is 2. The Hall–Kier alpha value is -1.93. The van der Waals surface area contributed by atoms with Gasteiger partial charge in [0.05, 0.1) is 5.70 Å². The Morgan fingerprint density at radius 2 is 1.73 bits per heavy atom. The maximum absolute atomic E-state index is 5.26. The van der Waals surface area contributed by atoms with Crippen LogP contribution < -0.4 is 0 Å². The summed E-state index contributed by atoms with van der Waals surface area (Å²) in [6.07, 6.45) is 13.9. The summed E-state index contributed by atoms with van der Waals surface area (Å²) in [4.78, 5) is 7.87. The first-order valence-corrected chi connectivity index (χ1v) is 13.1. The second-order valence-electron chi connectivity index (χ2n) is 12.0. The fourth-order valence-corrected chi connectivity index (χ4v) is 6.02. The normalized spacial score (nSPS) is 25.8. The molecule has 0 amide bonds. The van der Waals surface area contributed by atoms with Crippen molar-refractivity contribution in [3.8, 4) is 0 Å². The van der Waals surface area contributed by atoms with E-state index in [0.29, 0.717) is 11.8 Å². The maximum Gasteiger partial charge on any atom is 0.0668 e. The average Bonchev–Trinajstić information content (AvgIpc) is 3.17. The van der Waals surface area contributed by atoms with Crippen molar-refractivity contribution in [1.82, 2.24) is 4.90 Å². The molecule has 0 N–H and O–H groups in total. The smallest absolute Gasteiger partial charge is 0.0668 e. The molecule has 0 spiro atoms. The van der Waals surface area contributed by atoms with Crippen molar-refractivity contribution < 1.29 is 0 Å². The highest BCUT2D eigenvalue weighted by atomic mass is 15.1. The van der Waals surface area contributed by atoms with Crippen LogP contribution in [-0.2, 0) is 10.8 Å². The molecule has 1 aliphatic carbocycles. The predicted molar refractivity (Wildman–Crippen MR) is 144 cm³/mol. The van der Waals surface area contributed by atoms with Crippen LogP contribution in [-0.4, -0.2) is 30.2 Å². The van der Waals surface area contributed by atoms with Gasteiger partial charge in [0, 0.05) is 29.7 Å². The summed E-state index contributed by atoms with van der Waals surface area (Å²) < 4.78 is 0. The molecule has 1 fully saturated rings. The summed E-state index contributed by atoms with van der Waals surface area (Å²) in [7, 11) is 0. The number of aliphatic imine (C=N–C) groups is 1. The summed E-state index contributed by atoms with van der Waals surface area (Å²) in [5, 5.41) is 0. The van der Waals surface area contributed by atoms with E-state index in [0.717, 1.165) is 6.54 Å². The van der Waals surface area contributed by atoms with Crippen molar-refractivity contribution in [2.45, 2.75) is 85.0 Å². The Kier molecular flexibility index (Phi) is 6.87. The summed E-state index contributed by atoms with van der Waals surface area (Å²) >= 11 is 0. The van der Waals surface area contributed by atoms with Crippen molar-refractivity contribution in [2.75, 3.05) is 19.6 Å². The molecule has 178 valence electrons. The summed E-state index contributed by atoms with van der Waals surface area (Å²) in [5.41, 5.74) is 8.94. The molecule has 1 aromatic rings. The van der Waals surface area contributed by atoms with Gasteiger partial charge in [0.2, 0.25) is 0 Å². The van der Waals surface area contributed by atoms with Crippen LogP contribution in [0.5, 0.6) is 0 Å². The molecule has 0 aromatic heterocycles. The van der Waals surface area contributed by atoms with Crippen molar-refractivity contribution in [3.63, 3.8) is 0 Å². The minimum absolute atomic E-state index is 0.241. The molecule has 1 saturated heterocycles. The quantitative estimate of drug-likeness (QED) is 0.425. The third-order valence-electron chi connectivity index (χ3n) is 8.32. The second-order valence-corrected chi connectivity index (χ2v) is 12.0. The van der Waals surface area contributed by atoms with E-state index in [1.165, 1.54) is 72.4 Å². The number of benzene rings is 1. The third kappa shape index (κ3) is 5.11. The SMILES string of the molecule is C/C=C\C=C(/C)CN1CCC(C2=NC(c3ccc4c(c3)C(C)(C)CCC4(C)C)=CC2C)CC1. The first-order valence-electron chi connectivity index (χ1n) is 13.1. The minimum Gasteiger partial charge on any atom is -0.299 e. The lowest BCUT2D eigenvalue weighted by Gasteiger charge is -2.42. The highest BCUT2D eigenvalue weighted by Gasteiger charge is 2.37. The molecule has 3 aliphatic rings. The minimum atomic E-state index is 0.241. The van der Waals surface area contributed by atoms with Crippen molar-refractivity contribution >= 4 is 11.4 Å². The first-order chi connectivity index (χ1) is 15.6. The van der Waals surface area contributed by atoms with Crippen LogP contribution in [0.3, 0.4) is 0 Å². The fourth-order valence-electron chi connectivity index (χ4n) is 6.02. The Bertz CT molecular complexity index is 994. The molecule has 1 atom stereocenters. The highest BCUT2D eigenvalue weighted by molar-refractivity contribution is 5.99. The molecular weight excluding hydrogens is 400 g/mol. The Balaban J connectivity index is 1.48. The first kappa shape index (κ1) is 24.2. The lowest BCUT2D eigenvalue weighted by Crippen LogP contribution is -2.38. The number of piperidine rings is 1. The molecule has 0 saturated carbocycles. The largest absolute Gasteiger partial charge is 0.299 e. The average molecular weight is 445 g/mol. The monoisotopic (exact) mass is 444 g/mol. The molecule has 0 bridgehead atoms. The Morgan fingerprint density at radius 3 is 2.39 bits per heavy atom. The van der Waals surface area contributed by atoms with Gasteiger partial charge in [-0.15, -0.1) is 0 Å². The van der Waals surface area contributed by atoms with Gasteiger partial charge in [-0.2, -0.15) is 0 Å². The number of likely N-dealkylation sites (tertiary alicyclic amines) is 1. The van der Waals surface area contributed by atoms with E-state index in [2.05, 4.69) is 95.9 Å². The molecule has 2 nitrogen and oxygen atoms in total. The standard InChI is InChI=1S/C31H44N2/c1-8-9-10-22(2)21-33-17-13-24(14-18-33)29-23(3)19-28(32-29)25-11-12-26-27(20-25)31(6,7)16-15-30(26,4)5/h8-12,19-20,23-24H,13-18,21H2,1-7H3/b9-8-,22-10+. The van der Waals surface area contributed by atoms with Crippen LogP contribution >= 0.6 is 0 Å². The van der Waals surface area contributed by atoms with Crippen molar-refractivity contribution in [3.05, 3.63) is 64.8 Å². The van der Waals surface area contributed by atoms with Crippen LogP contribution in [0.4, 0.5) is 0 Å². The molecule has 4 rings (SSSR count). The van der Waals surface area contributed by atoms with Gasteiger partial charge in [0.25, 0.3) is 0 Å². The second kappa shape index (κ2) is 9.37. The molecule has 0 radical (unpaired) electrons. The van der Waals surface area contributed by atoms with Gasteiger partial charge in [0.15, 0.2) is 0 Å². The summed E-state index contributed by atoms with van der Waals surface area (Å²) in [5.74, 6) is 1.08. The van der Waals surface area contributed by atoms with Crippen molar-refractivity contribution in [2.24, 2.45) is 16.8 Å². The predicted octanol–water partition coefficient (Wildman–Crippen LogP) is 7.70. The van der Waals surface area contributed by atoms with Crippen LogP contribution in [0.15, 0.2) is 53.1 Å². The molecule has 2 heterocycles. The van der Waals surface area contributed by atoms with E-state index in [-0.39, 0.29) is 10.8 Å². The lowest BCUT2D eigenvalue weighted by molar-refractivity contribution is 0.224. The molecule has 2 heteroatoms. The number of hydrogen-bond acceptors (Lipinski definition) is 2. The molecular formula is C31H44N2. The van der Waals surface area contributed by atoms with E-state index >= 15 is 0 Å². The van der Waals surface area contributed by atoms with Gasteiger partial charge in [-0.05, 0) is 86.7 Å². The van der Waals surface area contributed by atoms with Gasteiger partial charge in [-0.3, -0.25) is 9.89 Å². The van der Waals surface area contributed by atoms with Crippen LogP contribution in [0.1, 0.15) is 90.8 Å². The number of hydrogen-bond donors (Lipinski definition) is 0. The Morgan fingerprint density at radius 1 is 1.06 bits per heavy atom. The van der Waals surface area contributed by atoms with Crippen LogP contribution in [0.2, 0.25) is 0 Å². The molecule has 2 aliphatic heterocycles. The van der Waals surface area contributed by atoms with Gasteiger partial charge < -0.3 is 0 Å². The number of fused-ring (bicyclic) bond motifs is 1. The maximum atomic E-state index is 5.26. The number of rotatable bonds is 5. The highest BCUT2D eigenvalue weighted by Crippen LogP contribution is 2.46. The molecule has 33 heavy (non-hydrogen) atoms. The summed E-state index contributed by atoms with van der Waals surface area (Å²) in [6.45, 7) is 19.7. The van der Waals surface area contributed by atoms with E-state index in [1.54, 1.807) is 0 Å². The summed E-state index contributed by atoms with van der Waals surface area (Å²) in [6, 6.07) is 7.19. The zero-order valence-corrected chi connectivity index (χ0v) is 22.0. The zero-order chi connectivity index (χ0) is 23.8. The van der Waals surface area contributed by atoms with E-state index in [1.807, 2.05) is 0 Å². The van der Waals surface area contributed by atoms with E-state index in [9.17, 15) is 0 Å². The third-order valence-corrected chi connectivity index (χ3v) is 8.32. The zero-order valence-electron chi connectivity index (χ0n) is 22.0. The van der Waals surface area contributed by atoms with E-state index < -0.39 is 0 Å². The molecule has 1 aromatic carbocycles. The topological polar surface area (TPSA) is 15.6 Å². The molecule has 1 unspecified atom stereocenters. The lowest BCUT2D eigenvalue weighted by atomic mass is 9.63. The van der Waals surface area contributed by atoms with Gasteiger partial charge in [-0.1, -0.05) is 70.6 Å².